The fraction of sp³-hybridized carbons (Fsp3) is 0.500. The average Bonchev–Trinajstić information content (AvgIpc) is 2.87. The van der Waals surface area contributed by atoms with E-state index in [-0.39, 0.29) is 31.4 Å². The lowest BCUT2D eigenvalue weighted by molar-refractivity contribution is -0.121. The van der Waals surface area contributed by atoms with Gasteiger partial charge in [0.25, 0.3) is 5.91 Å². The third kappa shape index (κ3) is 3.02. The van der Waals surface area contributed by atoms with E-state index in [9.17, 15) is 19.8 Å². The lowest BCUT2D eigenvalue weighted by Crippen LogP contribution is -2.51. The first kappa shape index (κ1) is 16.5. The van der Waals surface area contributed by atoms with Crippen molar-refractivity contribution >= 4 is 11.8 Å². The van der Waals surface area contributed by atoms with Gasteiger partial charge in [-0.05, 0) is 12.1 Å². The molecule has 3 N–H and O–H groups in total. The summed E-state index contributed by atoms with van der Waals surface area (Å²) in [5, 5.41) is 23.1. The van der Waals surface area contributed by atoms with Crippen LogP contribution in [0, 0.1) is 0 Å². The van der Waals surface area contributed by atoms with Crippen LogP contribution in [-0.4, -0.2) is 71.5 Å². The Hall–Kier alpha value is -2.32. The predicted octanol–water partition coefficient (Wildman–Crippen LogP) is -0.858. The molecule has 24 heavy (non-hydrogen) atoms. The van der Waals surface area contributed by atoms with Crippen molar-refractivity contribution in [1.29, 1.82) is 0 Å². The molecule has 2 aliphatic heterocycles. The fourth-order valence-corrected chi connectivity index (χ4v) is 2.90. The summed E-state index contributed by atoms with van der Waals surface area (Å²) in [5.74, 6) is 0.194. The van der Waals surface area contributed by atoms with E-state index >= 15 is 0 Å². The van der Waals surface area contributed by atoms with Gasteiger partial charge in [0.1, 0.15) is 24.9 Å². The van der Waals surface area contributed by atoms with E-state index in [2.05, 4.69) is 5.32 Å². The largest absolute Gasteiger partial charge is 0.486 e. The van der Waals surface area contributed by atoms with Crippen molar-refractivity contribution in [3.63, 3.8) is 0 Å². The number of rotatable bonds is 3. The number of aliphatic hydroxyl groups is 2. The molecule has 0 aromatic heterocycles. The molecule has 0 aliphatic carbocycles. The van der Waals surface area contributed by atoms with Gasteiger partial charge in [0.15, 0.2) is 11.5 Å². The summed E-state index contributed by atoms with van der Waals surface area (Å²) in [6.45, 7) is 1.86. The number of para-hydroxylation sites is 1. The minimum atomic E-state index is -1.58. The second-order valence-electron chi connectivity index (χ2n) is 6.04. The molecule has 0 bridgehead atoms. The molecule has 1 aromatic carbocycles. The van der Waals surface area contributed by atoms with Crippen LogP contribution < -0.4 is 14.8 Å². The molecule has 2 aliphatic rings. The van der Waals surface area contributed by atoms with Gasteiger partial charge in [-0.25, -0.2) is 0 Å². The maximum Gasteiger partial charge on any atom is 0.257 e. The van der Waals surface area contributed by atoms with E-state index in [0.29, 0.717) is 30.3 Å². The molecule has 2 amide bonds. The van der Waals surface area contributed by atoms with E-state index in [4.69, 9.17) is 9.47 Å². The second kappa shape index (κ2) is 6.29. The maximum atomic E-state index is 12.8. The van der Waals surface area contributed by atoms with Gasteiger partial charge in [-0.2, -0.15) is 0 Å². The lowest BCUT2D eigenvalue weighted by atomic mass is 10.0. The monoisotopic (exact) mass is 336 g/mol. The Kier molecular flexibility index (Phi) is 4.33. The highest BCUT2D eigenvalue weighted by atomic mass is 16.6. The summed E-state index contributed by atoms with van der Waals surface area (Å²) >= 11 is 0. The first-order chi connectivity index (χ1) is 11.4. The molecule has 1 saturated heterocycles. The predicted molar refractivity (Wildman–Crippen MR) is 83.0 cm³/mol. The van der Waals surface area contributed by atoms with Crippen LogP contribution in [0.1, 0.15) is 17.3 Å². The number of ether oxygens (including phenoxy) is 2. The van der Waals surface area contributed by atoms with Crippen LogP contribution in [0.15, 0.2) is 18.2 Å². The zero-order chi connectivity index (χ0) is 17.3. The van der Waals surface area contributed by atoms with Crippen LogP contribution in [0.25, 0.3) is 0 Å². The SMILES string of the molecule is CC(=O)NC[C@]1(O)CN(C(=O)c2cccc3c2OCCO3)C[C@H]1O. The number of nitrogens with one attached hydrogen (secondary N) is 1. The second-order valence-corrected chi connectivity index (χ2v) is 6.04. The standard InChI is InChI=1S/C16H20N2O6/c1-10(19)17-8-16(22)9-18(7-13(16)20)15(21)11-3-2-4-12-14(11)24-6-5-23-12/h2-4,13,20,22H,5-9H2,1H3,(H,17,19)/t13-,16+/m1/s1. The third-order valence-corrected chi connectivity index (χ3v) is 4.21. The Balaban J connectivity index is 1.78. The van der Waals surface area contributed by atoms with Crippen molar-refractivity contribution < 1.29 is 29.3 Å². The van der Waals surface area contributed by atoms with Crippen LogP contribution in [0.4, 0.5) is 0 Å². The van der Waals surface area contributed by atoms with Crippen molar-refractivity contribution in [1.82, 2.24) is 10.2 Å². The van der Waals surface area contributed by atoms with Crippen molar-refractivity contribution in [2.24, 2.45) is 0 Å². The number of aliphatic hydroxyl groups excluding tert-OH is 1. The summed E-state index contributed by atoms with van der Waals surface area (Å²) in [6.07, 6.45) is -1.15. The van der Waals surface area contributed by atoms with Gasteiger partial charge in [0.2, 0.25) is 5.91 Å². The first-order valence-corrected chi connectivity index (χ1v) is 7.73. The van der Waals surface area contributed by atoms with Crippen LogP contribution in [-0.2, 0) is 4.79 Å². The quantitative estimate of drug-likeness (QED) is 0.663. The molecule has 2 atom stereocenters. The molecule has 0 unspecified atom stereocenters. The Bertz CT molecular complexity index is 664. The van der Waals surface area contributed by atoms with Gasteiger partial charge in [0.05, 0.1) is 18.7 Å². The van der Waals surface area contributed by atoms with Gasteiger partial charge < -0.3 is 29.9 Å². The Morgan fingerprint density at radius 1 is 1.38 bits per heavy atom. The molecule has 1 fully saturated rings. The Morgan fingerprint density at radius 2 is 2.12 bits per heavy atom. The van der Waals surface area contributed by atoms with Gasteiger partial charge in [-0.1, -0.05) is 6.07 Å². The lowest BCUT2D eigenvalue weighted by Gasteiger charge is -2.26. The Labute approximate surface area is 139 Å². The maximum absolute atomic E-state index is 12.8. The van der Waals surface area contributed by atoms with Gasteiger partial charge in [-0.15, -0.1) is 0 Å². The molecule has 1 aromatic rings. The molecule has 0 spiro atoms. The summed E-state index contributed by atoms with van der Waals surface area (Å²) in [6, 6.07) is 5.03. The van der Waals surface area contributed by atoms with E-state index in [1.54, 1.807) is 18.2 Å². The number of carbonyl (C=O) groups is 2. The van der Waals surface area contributed by atoms with Gasteiger partial charge in [-0.3, -0.25) is 9.59 Å². The number of hydrogen-bond donors (Lipinski definition) is 3. The molecule has 0 saturated carbocycles. The number of hydrogen-bond acceptors (Lipinski definition) is 6. The number of carbonyl (C=O) groups excluding carboxylic acids is 2. The zero-order valence-corrected chi connectivity index (χ0v) is 13.3. The van der Waals surface area contributed by atoms with Crippen LogP contribution in [0.5, 0.6) is 11.5 Å². The highest BCUT2D eigenvalue weighted by Crippen LogP contribution is 2.35. The molecule has 3 rings (SSSR count). The molecule has 130 valence electrons. The van der Waals surface area contributed by atoms with Crippen LogP contribution in [0.3, 0.4) is 0 Å². The van der Waals surface area contributed by atoms with Gasteiger partial charge in [0, 0.05) is 13.5 Å². The number of β-amino-alcohol motifs (C(OH)–C–C–N with tert-alkyl or cyclic N) is 2. The van der Waals surface area contributed by atoms with E-state index in [0.717, 1.165) is 0 Å². The van der Waals surface area contributed by atoms with Crippen LogP contribution >= 0.6 is 0 Å². The first-order valence-electron chi connectivity index (χ1n) is 7.73. The summed E-state index contributed by atoms with van der Waals surface area (Å²) < 4.78 is 11.0. The highest BCUT2D eigenvalue weighted by Gasteiger charge is 2.46. The molecule has 8 nitrogen and oxygen atoms in total. The van der Waals surface area contributed by atoms with E-state index < -0.39 is 11.7 Å². The smallest absolute Gasteiger partial charge is 0.257 e. The Morgan fingerprint density at radius 3 is 2.88 bits per heavy atom. The molecular weight excluding hydrogens is 316 g/mol. The molecule has 2 heterocycles. The molecular formula is C16H20N2O6. The zero-order valence-electron chi connectivity index (χ0n) is 13.3. The third-order valence-electron chi connectivity index (χ3n) is 4.21. The fourth-order valence-electron chi connectivity index (χ4n) is 2.90. The topological polar surface area (TPSA) is 108 Å². The number of fused-ring (bicyclic) bond motifs is 1. The normalized spacial score (nSPS) is 25.5. The van der Waals surface area contributed by atoms with Gasteiger partial charge >= 0.3 is 0 Å². The van der Waals surface area contributed by atoms with Crippen molar-refractivity contribution in [2.75, 3.05) is 32.8 Å². The van der Waals surface area contributed by atoms with E-state index in [1.807, 2.05) is 0 Å². The number of benzene rings is 1. The molecule has 8 heteroatoms. The van der Waals surface area contributed by atoms with Crippen molar-refractivity contribution in [2.45, 2.75) is 18.6 Å². The minimum Gasteiger partial charge on any atom is -0.486 e. The number of likely N-dealkylation sites (tertiary alicyclic amines) is 1. The van der Waals surface area contributed by atoms with Crippen LogP contribution in [0.2, 0.25) is 0 Å². The molecule has 0 radical (unpaired) electrons. The highest BCUT2D eigenvalue weighted by molar-refractivity contribution is 5.98. The summed E-state index contributed by atoms with van der Waals surface area (Å²) in [5.41, 5.74) is -1.25. The number of nitrogens with zero attached hydrogens (tertiary/aromatic N) is 1. The summed E-state index contributed by atoms with van der Waals surface area (Å²) in [4.78, 5) is 25.2. The van der Waals surface area contributed by atoms with Crippen molar-refractivity contribution in [3.8, 4) is 11.5 Å². The van der Waals surface area contributed by atoms with Crippen molar-refractivity contribution in [3.05, 3.63) is 23.8 Å². The number of amides is 2. The summed E-state index contributed by atoms with van der Waals surface area (Å²) in [7, 11) is 0. The van der Waals surface area contributed by atoms with E-state index in [1.165, 1.54) is 11.8 Å². The average molecular weight is 336 g/mol. The minimum absolute atomic E-state index is 0.0283.